The number of phenolic OH excluding ortho intramolecular Hbond substituents is 1. The van der Waals surface area contributed by atoms with Crippen LogP contribution in [0.25, 0.3) is 11.3 Å². The van der Waals surface area contributed by atoms with E-state index in [2.05, 4.69) is 10.2 Å². The Kier molecular flexibility index (Phi) is 7.00. The minimum Gasteiger partial charge on any atom is -0.507 e. The van der Waals surface area contributed by atoms with Crippen molar-refractivity contribution in [3.8, 4) is 28.5 Å². The zero-order valence-electron chi connectivity index (χ0n) is 20.3. The Morgan fingerprint density at radius 2 is 1.76 bits per heavy atom. The van der Waals surface area contributed by atoms with Crippen LogP contribution in [0.2, 0.25) is 10.0 Å². The van der Waals surface area contributed by atoms with Gasteiger partial charge in [-0.2, -0.15) is 5.10 Å². The van der Waals surface area contributed by atoms with Crippen molar-refractivity contribution in [2.75, 3.05) is 13.2 Å². The van der Waals surface area contributed by atoms with E-state index in [0.29, 0.717) is 57.3 Å². The normalized spacial score (nSPS) is 14.6. The maximum absolute atomic E-state index is 13.7. The van der Waals surface area contributed by atoms with Crippen molar-refractivity contribution >= 4 is 29.1 Å². The molecule has 1 aliphatic rings. The third-order valence-corrected chi connectivity index (χ3v) is 6.86. The number of carbonyl (C=O) groups excluding carboxylic acids is 1. The topological polar surface area (TPSA) is 87.7 Å². The lowest BCUT2D eigenvalue weighted by Crippen LogP contribution is -2.29. The van der Waals surface area contributed by atoms with Gasteiger partial charge in [-0.3, -0.25) is 9.89 Å². The molecule has 2 heterocycles. The maximum atomic E-state index is 13.7. The molecule has 190 valence electrons. The standard InChI is InChI=1S/C28H25Cl2N3O4/c1-3-36-22-12-9-16(13-23(22)37-4-2)27-24-25(19-14-18(29)10-11-21(19)34)31-32-26(24)28(35)33(27)15-17-7-5-6-8-20(17)30/h5-14,27,34H,3-4,15H2,1-2H3,(H,31,32). The van der Waals surface area contributed by atoms with E-state index in [1.54, 1.807) is 23.1 Å². The average molecular weight is 538 g/mol. The lowest BCUT2D eigenvalue weighted by atomic mass is 9.95. The number of aromatic hydroxyl groups is 1. The number of benzene rings is 3. The van der Waals surface area contributed by atoms with E-state index in [4.69, 9.17) is 32.7 Å². The van der Waals surface area contributed by atoms with E-state index < -0.39 is 6.04 Å². The van der Waals surface area contributed by atoms with Crippen LogP contribution in [0.3, 0.4) is 0 Å². The summed E-state index contributed by atoms with van der Waals surface area (Å²) < 4.78 is 11.6. The Labute approximate surface area is 224 Å². The van der Waals surface area contributed by atoms with Gasteiger partial charge in [0.05, 0.1) is 19.3 Å². The second-order valence-electron chi connectivity index (χ2n) is 8.52. The second kappa shape index (κ2) is 10.4. The smallest absolute Gasteiger partial charge is 0.273 e. The highest BCUT2D eigenvalue weighted by atomic mass is 35.5. The van der Waals surface area contributed by atoms with Crippen molar-refractivity contribution in [1.29, 1.82) is 0 Å². The van der Waals surface area contributed by atoms with Crippen LogP contribution in [0.4, 0.5) is 0 Å². The molecule has 0 radical (unpaired) electrons. The van der Waals surface area contributed by atoms with Crippen LogP contribution in [0.1, 0.15) is 47.1 Å². The number of fused-ring (bicyclic) bond motifs is 1. The quantitative estimate of drug-likeness (QED) is 0.263. The average Bonchev–Trinajstić information content (AvgIpc) is 3.42. The van der Waals surface area contributed by atoms with Gasteiger partial charge in [0.15, 0.2) is 11.5 Å². The van der Waals surface area contributed by atoms with Crippen LogP contribution in [0.15, 0.2) is 60.7 Å². The zero-order chi connectivity index (χ0) is 26.1. The number of aromatic nitrogens is 2. The minimum atomic E-state index is -0.541. The molecule has 0 saturated carbocycles. The number of hydrogen-bond acceptors (Lipinski definition) is 5. The number of carbonyl (C=O) groups is 1. The molecule has 37 heavy (non-hydrogen) atoms. The Bertz CT molecular complexity index is 1470. The lowest BCUT2D eigenvalue weighted by molar-refractivity contribution is 0.0730. The van der Waals surface area contributed by atoms with Crippen LogP contribution in [0, 0.1) is 0 Å². The van der Waals surface area contributed by atoms with Crippen LogP contribution < -0.4 is 9.47 Å². The highest BCUT2D eigenvalue weighted by molar-refractivity contribution is 6.31. The summed E-state index contributed by atoms with van der Waals surface area (Å²) in [6.45, 7) is 5.02. The van der Waals surface area contributed by atoms with E-state index >= 15 is 0 Å². The van der Waals surface area contributed by atoms with Crippen molar-refractivity contribution in [3.63, 3.8) is 0 Å². The van der Waals surface area contributed by atoms with Crippen LogP contribution in [-0.2, 0) is 6.54 Å². The number of amides is 1. The number of nitrogens with one attached hydrogen (secondary N) is 1. The first-order valence-electron chi connectivity index (χ1n) is 11.9. The van der Waals surface area contributed by atoms with E-state index in [-0.39, 0.29) is 18.2 Å². The first kappa shape index (κ1) is 25.0. The minimum absolute atomic E-state index is 0.0103. The molecule has 1 atom stereocenters. The third-order valence-electron chi connectivity index (χ3n) is 6.26. The van der Waals surface area contributed by atoms with Gasteiger partial charge >= 0.3 is 0 Å². The molecule has 1 aromatic heterocycles. The van der Waals surface area contributed by atoms with E-state index in [1.165, 1.54) is 6.07 Å². The number of halogens is 2. The second-order valence-corrected chi connectivity index (χ2v) is 9.37. The number of nitrogens with zero attached hydrogens (tertiary/aromatic N) is 2. The van der Waals surface area contributed by atoms with Gasteiger partial charge in [0.2, 0.25) is 0 Å². The van der Waals surface area contributed by atoms with Gasteiger partial charge in [0, 0.05) is 27.7 Å². The largest absolute Gasteiger partial charge is 0.507 e. The highest BCUT2D eigenvalue weighted by Crippen LogP contribution is 2.47. The fourth-order valence-corrected chi connectivity index (χ4v) is 5.03. The number of rotatable bonds is 8. The molecule has 1 amide bonds. The summed E-state index contributed by atoms with van der Waals surface area (Å²) >= 11 is 12.7. The van der Waals surface area contributed by atoms with Crippen molar-refractivity contribution in [2.24, 2.45) is 0 Å². The summed E-state index contributed by atoms with van der Waals surface area (Å²) in [7, 11) is 0. The molecule has 0 fully saturated rings. The molecule has 1 unspecified atom stereocenters. The molecule has 2 N–H and O–H groups in total. The molecular formula is C28H25Cl2N3O4. The molecule has 0 bridgehead atoms. The van der Waals surface area contributed by atoms with Gasteiger partial charge in [-0.1, -0.05) is 47.5 Å². The summed E-state index contributed by atoms with van der Waals surface area (Å²) in [5.41, 5.74) is 3.47. The third kappa shape index (κ3) is 4.61. The van der Waals surface area contributed by atoms with Crippen LogP contribution in [0.5, 0.6) is 17.2 Å². The molecule has 0 saturated heterocycles. The van der Waals surface area contributed by atoms with E-state index in [9.17, 15) is 9.90 Å². The van der Waals surface area contributed by atoms with Crippen LogP contribution >= 0.6 is 23.2 Å². The summed E-state index contributed by atoms with van der Waals surface area (Å²) in [6.07, 6.45) is 0. The van der Waals surface area contributed by atoms with Gasteiger partial charge in [-0.25, -0.2) is 0 Å². The van der Waals surface area contributed by atoms with E-state index in [0.717, 1.165) is 11.1 Å². The fraction of sp³-hybridized carbons (Fsp3) is 0.214. The Hall–Kier alpha value is -3.68. The van der Waals surface area contributed by atoms with Crippen molar-refractivity contribution < 1.29 is 19.4 Å². The Morgan fingerprint density at radius 1 is 1.00 bits per heavy atom. The van der Waals surface area contributed by atoms with Gasteiger partial charge < -0.3 is 19.5 Å². The van der Waals surface area contributed by atoms with Gasteiger partial charge in [-0.15, -0.1) is 0 Å². The monoisotopic (exact) mass is 537 g/mol. The molecule has 7 nitrogen and oxygen atoms in total. The van der Waals surface area contributed by atoms with Crippen LogP contribution in [-0.4, -0.2) is 39.3 Å². The molecule has 9 heteroatoms. The summed E-state index contributed by atoms with van der Waals surface area (Å²) in [4.78, 5) is 15.5. The summed E-state index contributed by atoms with van der Waals surface area (Å²) in [5.74, 6) is 0.981. The Balaban J connectivity index is 1.69. The molecule has 0 spiro atoms. The van der Waals surface area contributed by atoms with Crippen molar-refractivity contribution in [1.82, 2.24) is 15.1 Å². The highest BCUT2D eigenvalue weighted by Gasteiger charge is 2.43. The number of phenols is 1. The van der Waals surface area contributed by atoms with Gasteiger partial charge in [0.1, 0.15) is 17.1 Å². The Morgan fingerprint density at radius 3 is 2.51 bits per heavy atom. The first-order valence-corrected chi connectivity index (χ1v) is 12.7. The molecule has 0 aliphatic carbocycles. The molecular weight excluding hydrogens is 513 g/mol. The number of aromatic amines is 1. The SMILES string of the molecule is CCOc1ccc(C2c3c(-c4cc(Cl)ccc4O)n[nH]c3C(=O)N2Cc2ccccc2Cl)cc1OCC. The molecule has 4 aromatic rings. The first-order chi connectivity index (χ1) is 17.9. The number of hydrogen-bond donors (Lipinski definition) is 2. The molecule has 5 rings (SSSR count). The van der Waals surface area contributed by atoms with Gasteiger partial charge in [0.25, 0.3) is 5.91 Å². The number of ether oxygens (including phenoxy) is 2. The van der Waals surface area contributed by atoms with Crippen molar-refractivity contribution in [3.05, 3.63) is 93.1 Å². The summed E-state index contributed by atoms with van der Waals surface area (Å²) in [5, 5.41) is 19.0. The fourth-order valence-electron chi connectivity index (χ4n) is 4.66. The van der Waals surface area contributed by atoms with Gasteiger partial charge in [-0.05, 0) is 61.4 Å². The zero-order valence-corrected chi connectivity index (χ0v) is 21.8. The number of H-pyrrole nitrogens is 1. The lowest BCUT2D eigenvalue weighted by Gasteiger charge is -2.27. The predicted octanol–water partition coefficient (Wildman–Crippen LogP) is 6.63. The molecule has 1 aliphatic heterocycles. The maximum Gasteiger partial charge on any atom is 0.273 e. The summed E-state index contributed by atoms with van der Waals surface area (Å²) in [6, 6.07) is 17.3. The predicted molar refractivity (Wildman–Crippen MR) is 143 cm³/mol. The van der Waals surface area contributed by atoms with E-state index in [1.807, 2.05) is 50.2 Å². The molecule has 3 aromatic carbocycles. The van der Waals surface area contributed by atoms with Crippen molar-refractivity contribution in [2.45, 2.75) is 26.4 Å².